The van der Waals surface area contributed by atoms with Gasteiger partial charge < -0.3 is 0 Å². The Morgan fingerprint density at radius 2 is 1.69 bits per heavy atom. The zero-order valence-corrected chi connectivity index (χ0v) is 8.50. The van der Waals surface area contributed by atoms with Crippen LogP contribution in [-0.2, 0) is 0 Å². The fourth-order valence-corrected chi connectivity index (χ4v) is 2.56. The van der Waals surface area contributed by atoms with Crippen LogP contribution in [0.2, 0.25) is 0 Å². The van der Waals surface area contributed by atoms with Gasteiger partial charge in [0.05, 0.1) is 5.38 Å². The van der Waals surface area contributed by atoms with Gasteiger partial charge in [0.1, 0.15) is 0 Å². The lowest BCUT2D eigenvalue weighted by Crippen LogP contribution is -2.02. The molecule has 0 heterocycles. The number of alkyl halides is 1. The molecule has 0 nitrogen and oxygen atoms in total. The second-order valence-corrected chi connectivity index (χ2v) is 4.33. The third-order valence-corrected chi connectivity index (χ3v) is 3.54. The molecule has 2 rings (SSSR count). The molecule has 1 heteroatoms. The number of hydrogen-bond acceptors (Lipinski definition) is 0. The minimum absolute atomic E-state index is 0.240. The van der Waals surface area contributed by atoms with E-state index in [1.165, 1.54) is 31.2 Å². The maximum absolute atomic E-state index is 6.41. The zero-order chi connectivity index (χ0) is 9.10. The molecule has 1 aliphatic rings. The molecule has 70 valence electrons. The normalized spacial score (nSPS) is 20.4. The molecule has 0 aromatic heterocycles. The largest absolute Gasteiger partial charge is 0.118 e. The predicted molar refractivity (Wildman–Crippen MR) is 57.0 cm³/mol. The van der Waals surface area contributed by atoms with Gasteiger partial charge in [0.15, 0.2) is 0 Å². The molecule has 0 spiro atoms. The van der Waals surface area contributed by atoms with Crippen molar-refractivity contribution in [3.8, 4) is 0 Å². The molecule has 1 unspecified atom stereocenters. The third kappa shape index (κ3) is 2.05. The van der Waals surface area contributed by atoms with Crippen molar-refractivity contribution >= 4 is 11.6 Å². The van der Waals surface area contributed by atoms with Gasteiger partial charge in [-0.1, -0.05) is 43.2 Å². The first-order valence-electron chi connectivity index (χ1n) is 5.07. The molecule has 1 fully saturated rings. The van der Waals surface area contributed by atoms with E-state index < -0.39 is 0 Å². The lowest BCUT2D eigenvalue weighted by atomic mass is 9.97. The number of benzene rings is 1. The van der Waals surface area contributed by atoms with Crippen LogP contribution in [0.4, 0.5) is 0 Å². The van der Waals surface area contributed by atoms with E-state index in [0.29, 0.717) is 5.92 Å². The number of halogens is 1. The average Bonchev–Trinajstić information content (AvgIpc) is 2.71. The number of rotatable bonds is 2. The van der Waals surface area contributed by atoms with Crippen molar-refractivity contribution < 1.29 is 0 Å². The first kappa shape index (κ1) is 9.08. The van der Waals surface area contributed by atoms with Crippen molar-refractivity contribution in [1.29, 1.82) is 0 Å². The summed E-state index contributed by atoms with van der Waals surface area (Å²) in [6.07, 6.45) is 5.34. The SMILES string of the molecule is ClC(c1ccccc1)C1CCCC1. The molecule has 0 bridgehead atoms. The Labute approximate surface area is 84.9 Å². The quantitative estimate of drug-likeness (QED) is 0.621. The summed E-state index contributed by atoms with van der Waals surface area (Å²) in [7, 11) is 0. The summed E-state index contributed by atoms with van der Waals surface area (Å²) in [5.74, 6) is 0.712. The first-order chi connectivity index (χ1) is 6.38. The van der Waals surface area contributed by atoms with E-state index in [2.05, 4.69) is 24.3 Å². The van der Waals surface area contributed by atoms with Crippen LogP contribution in [0.1, 0.15) is 36.6 Å². The Balaban J connectivity index is 2.08. The summed E-state index contributed by atoms with van der Waals surface area (Å²) in [4.78, 5) is 0. The molecule has 0 aliphatic heterocycles. The fourth-order valence-electron chi connectivity index (χ4n) is 2.16. The fraction of sp³-hybridized carbons (Fsp3) is 0.500. The molecule has 0 saturated heterocycles. The van der Waals surface area contributed by atoms with Crippen molar-refractivity contribution in [2.75, 3.05) is 0 Å². The average molecular weight is 195 g/mol. The highest BCUT2D eigenvalue weighted by Crippen LogP contribution is 2.39. The van der Waals surface area contributed by atoms with E-state index >= 15 is 0 Å². The van der Waals surface area contributed by atoms with Gasteiger partial charge in [-0.05, 0) is 24.3 Å². The molecule has 1 saturated carbocycles. The van der Waals surface area contributed by atoms with Crippen LogP contribution in [0.25, 0.3) is 0 Å². The molecular weight excluding hydrogens is 180 g/mol. The highest BCUT2D eigenvalue weighted by atomic mass is 35.5. The van der Waals surface area contributed by atoms with Gasteiger partial charge in [-0.15, -0.1) is 11.6 Å². The summed E-state index contributed by atoms with van der Waals surface area (Å²) < 4.78 is 0. The molecule has 1 atom stereocenters. The molecule has 1 aromatic rings. The van der Waals surface area contributed by atoms with Gasteiger partial charge in [0, 0.05) is 0 Å². The summed E-state index contributed by atoms with van der Waals surface area (Å²) in [6.45, 7) is 0. The highest BCUT2D eigenvalue weighted by Gasteiger charge is 2.23. The zero-order valence-electron chi connectivity index (χ0n) is 7.75. The second kappa shape index (κ2) is 4.15. The van der Waals surface area contributed by atoms with Crippen molar-refractivity contribution in [3.63, 3.8) is 0 Å². The Bertz CT molecular complexity index is 249. The van der Waals surface area contributed by atoms with E-state index in [-0.39, 0.29) is 5.38 Å². The lowest BCUT2D eigenvalue weighted by molar-refractivity contribution is 0.529. The Hall–Kier alpha value is -0.490. The maximum atomic E-state index is 6.41. The Kier molecular flexibility index (Phi) is 2.90. The van der Waals surface area contributed by atoms with E-state index in [1.54, 1.807) is 0 Å². The van der Waals surface area contributed by atoms with Crippen LogP contribution in [0, 0.1) is 5.92 Å². The van der Waals surface area contributed by atoms with Crippen LogP contribution < -0.4 is 0 Å². The molecule has 1 aromatic carbocycles. The van der Waals surface area contributed by atoms with Gasteiger partial charge in [-0.25, -0.2) is 0 Å². The Morgan fingerprint density at radius 1 is 1.08 bits per heavy atom. The molecular formula is C12H15Cl. The van der Waals surface area contributed by atoms with Crippen LogP contribution >= 0.6 is 11.6 Å². The standard InChI is InChI=1S/C12H15Cl/c13-12(11-8-4-5-9-11)10-6-2-1-3-7-10/h1-3,6-7,11-12H,4-5,8-9H2. The molecule has 13 heavy (non-hydrogen) atoms. The van der Waals surface area contributed by atoms with E-state index in [1.807, 2.05) is 6.07 Å². The molecule has 0 amide bonds. The monoisotopic (exact) mass is 194 g/mol. The summed E-state index contributed by atoms with van der Waals surface area (Å²) in [6, 6.07) is 10.5. The molecule has 0 N–H and O–H groups in total. The third-order valence-electron chi connectivity index (χ3n) is 2.93. The highest BCUT2D eigenvalue weighted by molar-refractivity contribution is 6.21. The van der Waals surface area contributed by atoms with Crippen molar-refractivity contribution in [1.82, 2.24) is 0 Å². The minimum Gasteiger partial charge on any atom is -0.118 e. The second-order valence-electron chi connectivity index (χ2n) is 3.86. The molecule has 0 radical (unpaired) electrons. The smallest absolute Gasteiger partial charge is 0.0613 e. The van der Waals surface area contributed by atoms with Crippen LogP contribution in [0.3, 0.4) is 0 Å². The Morgan fingerprint density at radius 3 is 2.31 bits per heavy atom. The van der Waals surface area contributed by atoms with E-state index in [4.69, 9.17) is 11.6 Å². The van der Waals surface area contributed by atoms with Crippen molar-refractivity contribution in [2.24, 2.45) is 5.92 Å². The maximum Gasteiger partial charge on any atom is 0.0613 e. The predicted octanol–water partition coefficient (Wildman–Crippen LogP) is 4.16. The van der Waals surface area contributed by atoms with Crippen LogP contribution in [0.5, 0.6) is 0 Å². The van der Waals surface area contributed by atoms with Gasteiger partial charge in [-0.2, -0.15) is 0 Å². The topological polar surface area (TPSA) is 0 Å². The van der Waals surface area contributed by atoms with Gasteiger partial charge in [0.2, 0.25) is 0 Å². The number of hydrogen-bond donors (Lipinski definition) is 0. The summed E-state index contributed by atoms with van der Waals surface area (Å²) >= 11 is 6.41. The van der Waals surface area contributed by atoms with Gasteiger partial charge >= 0.3 is 0 Å². The summed E-state index contributed by atoms with van der Waals surface area (Å²) in [5, 5.41) is 0.240. The first-order valence-corrected chi connectivity index (χ1v) is 5.50. The van der Waals surface area contributed by atoms with Crippen LogP contribution in [0.15, 0.2) is 30.3 Å². The van der Waals surface area contributed by atoms with Crippen molar-refractivity contribution in [3.05, 3.63) is 35.9 Å². The van der Waals surface area contributed by atoms with Crippen LogP contribution in [-0.4, -0.2) is 0 Å². The molecule has 1 aliphatic carbocycles. The van der Waals surface area contributed by atoms with Gasteiger partial charge in [-0.3, -0.25) is 0 Å². The van der Waals surface area contributed by atoms with Gasteiger partial charge in [0.25, 0.3) is 0 Å². The van der Waals surface area contributed by atoms with E-state index in [0.717, 1.165) is 0 Å². The lowest BCUT2D eigenvalue weighted by Gasteiger charge is -2.16. The van der Waals surface area contributed by atoms with E-state index in [9.17, 15) is 0 Å². The van der Waals surface area contributed by atoms with Crippen molar-refractivity contribution in [2.45, 2.75) is 31.1 Å². The summed E-state index contributed by atoms with van der Waals surface area (Å²) in [5.41, 5.74) is 1.29. The minimum atomic E-state index is 0.240.